The van der Waals surface area contributed by atoms with E-state index < -0.39 is 18.3 Å². The molecule has 0 aromatic rings. The minimum Gasteiger partial charge on any atom is -0.326 e. The average Bonchev–Trinajstić information content (AvgIpc) is 2.79. The van der Waals surface area contributed by atoms with Crippen LogP contribution < -0.4 is 5.73 Å². The summed E-state index contributed by atoms with van der Waals surface area (Å²) in [4.78, 5) is 1.55. The lowest BCUT2D eigenvalue weighted by atomic mass is 10.1. The van der Waals surface area contributed by atoms with Crippen molar-refractivity contribution in [2.24, 2.45) is 11.7 Å². The summed E-state index contributed by atoms with van der Waals surface area (Å²) in [5.74, 6) is 0.226. The molecule has 1 aliphatic carbocycles. The van der Waals surface area contributed by atoms with E-state index in [0.29, 0.717) is 6.54 Å². The summed E-state index contributed by atoms with van der Waals surface area (Å²) in [7, 11) is 0. The van der Waals surface area contributed by atoms with Gasteiger partial charge in [0.1, 0.15) is 6.04 Å². The minimum atomic E-state index is -4.23. The molecule has 0 aromatic carbocycles. The zero-order valence-corrected chi connectivity index (χ0v) is 10.1. The van der Waals surface area contributed by atoms with Crippen molar-refractivity contribution >= 4 is 0 Å². The summed E-state index contributed by atoms with van der Waals surface area (Å²) in [6.07, 6.45) is -2.50. The molecular formula is C11H21F3N2. The van der Waals surface area contributed by atoms with Gasteiger partial charge in [-0.2, -0.15) is 13.2 Å². The van der Waals surface area contributed by atoms with Gasteiger partial charge in [0.2, 0.25) is 0 Å². The summed E-state index contributed by atoms with van der Waals surface area (Å²) in [6.45, 7) is 5.78. The second kappa shape index (κ2) is 4.92. The lowest BCUT2D eigenvalue weighted by Gasteiger charge is -2.36. The third-order valence-corrected chi connectivity index (χ3v) is 2.78. The molecule has 0 aromatic heterocycles. The Bertz CT molecular complexity index is 222. The Morgan fingerprint density at radius 1 is 1.25 bits per heavy atom. The molecule has 2 N–H and O–H groups in total. The predicted molar refractivity (Wildman–Crippen MR) is 58.1 cm³/mol. The third-order valence-electron chi connectivity index (χ3n) is 2.78. The molecule has 1 saturated carbocycles. The van der Waals surface area contributed by atoms with Gasteiger partial charge in [-0.05, 0) is 25.7 Å². The molecule has 16 heavy (non-hydrogen) atoms. The van der Waals surface area contributed by atoms with Gasteiger partial charge in [0.05, 0.1) is 0 Å². The first-order chi connectivity index (χ1) is 7.23. The summed E-state index contributed by atoms with van der Waals surface area (Å²) in [5, 5.41) is 0. The van der Waals surface area contributed by atoms with Gasteiger partial charge in [-0.3, -0.25) is 4.90 Å². The highest BCUT2D eigenvalue weighted by Crippen LogP contribution is 2.36. The molecule has 0 bridgehead atoms. The van der Waals surface area contributed by atoms with E-state index >= 15 is 0 Å². The van der Waals surface area contributed by atoms with Gasteiger partial charge in [-0.15, -0.1) is 0 Å². The summed E-state index contributed by atoms with van der Waals surface area (Å²) < 4.78 is 38.8. The second-order valence-corrected chi connectivity index (χ2v) is 5.17. The second-order valence-electron chi connectivity index (χ2n) is 5.17. The summed E-state index contributed by atoms with van der Waals surface area (Å²) in [5.41, 5.74) is 5.50. The highest BCUT2D eigenvalue weighted by molar-refractivity contribution is 4.95. The SMILES string of the molecule is CC(C)CN(C1CC1)C(C(C)N)C(F)(F)F. The van der Waals surface area contributed by atoms with E-state index in [9.17, 15) is 13.2 Å². The molecule has 1 rings (SSSR count). The van der Waals surface area contributed by atoms with Gasteiger partial charge in [-0.25, -0.2) is 0 Å². The smallest absolute Gasteiger partial charge is 0.326 e. The largest absolute Gasteiger partial charge is 0.405 e. The minimum absolute atomic E-state index is 0.0834. The van der Waals surface area contributed by atoms with Crippen molar-refractivity contribution in [1.82, 2.24) is 4.90 Å². The van der Waals surface area contributed by atoms with E-state index in [-0.39, 0.29) is 12.0 Å². The maximum absolute atomic E-state index is 12.9. The van der Waals surface area contributed by atoms with E-state index in [1.807, 2.05) is 13.8 Å². The molecule has 0 aliphatic heterocycles. The summed E-state index contributed by atoms with van der Waals surface area (Å²) >= 11 is 0. The first kappa shape index (κ1) is 13.8. The van der Waals surface area contributed by atoms with Crippen LogP contribution in [0.4, 0.5) is 13.2 Å². The highest BCUT2D eigenvalue weighted by atomic mass is 19.4. The van der Waals surface area contributed by atoms with Crippen molar-refractivity contribution in [1.29, 1.82) is 0 Å². The Hall–Kier alpha value is -0.290. The van der Waals surface area contributed by atoms with E-state index in [4.69, 9.17) is 5.73 Å². The molecule has 2 nitrogen and oxygen atoms in total. The van der Waals surface area contributed by atoms with Crippen LogP contribution in [0.15, 0.2) is 0 Å². The molecule has 0 radical (unpaired) electrons. The zero-order valence-electron chi connectivity index (χ0n) is 10.1. The molecule has 0 heterocycles. The predicted octanol–water partition coefficient (Wildman–Crippen LogP) is 2.38. The number of alkyl halides is 3. The standard InChI is InChI=1S/C11H21F3N2/c1-7(2)6-16(9-4-5-9)10(8(3)15)11(12,13)14/h7-10H,4-6,15H2,1-3H3. The maximum atomic E-state index is 12.9. The van der Waals surface area contributed by atoms with Gasteiger partial charge >= 0.3 is 6.18 Å². The fourth-order valence-electron chi connectivity index (χ4n) is 2.11. The van der Waals surface area contributed by atoms with Crippen LogP contribution in [0.25, 0.3) is 0 Å². The van der Waals surface area contributed by atoms with Crippen LogP contribution in [-0.4, -0.2) is 35.7 Å². The van der Waals surface area contributed by atoms with Crippen molar-refractivity contribution in [2.45, 2.75) is 57.9 Å². The van der Waals surface area contributed by atoms with Crippen LogP contribution in [0.5, 0.6) is 0 Å². The molecule has 2 unspecified atom stereocenters. The van der Waals surface area contributed by atoms with Crippen molar-refractivity contribution < 1.29 is 13.2 Å². The quantitative estimate of drug-likeness (QED) is 0.796. The number of rotatable bonds is 5. The van der Waals surface area contributed by atoms with Gasteiger partial charge in [0.15, 0.2) is 0 Å². The number of hydrogen-bond acceptors (Lipinski definition) is 2. The highest BCUT2D eigenvalue weighted by Gasteiger charge is 2.49. The maximum Gasteiger partial charge on any atom is 0.405 e. The molecule has 1 fully saturated rings. The van der Waals surface area contributed by atoms with Crippen LogP contribution in [0.2, 0.25) is 0 Å². The molecule has 0 spiro atoms. The lowest BCUT2D eigenvalue weighted by molar-refractivity contribution is -0.191. The van der Waals surface area contributed by atoms with Crippen molar-refractivity contribution in [3.8, 4) is 0 Å². The Kier molecular flexibility index (Phi) is 4.23. The summed E-state index contributed by atoms with van der Waals surface area (Å²) in [6, 6.07) is -2.29. The first-order valence-corrected chi connectivity index (χ1v) is 5.81. The van der Waals surface area contributed by atoms with Crippen molar-refractivity contribution in [3.63, 3.8) is 0 Å². The van der Waals surface area contributed by atoms with E-state index in [2.05, 4.69) is 0 Å². The average molecular weight is 238 g/mol. The molecular weight excluding hydrogens is 217 g/mol. The van der Waals surface area contributed by atoms with Crippen LogP contribution in [0, 0.1) is 5.92 Å². The molecule has 96 valence electrons. The monoisotopic (exact) mass is 238 g/mol. The Morgan fingerprint density at radius 2 is 1.75 bits per heavy atom. The Morgan fingerprint density at radius 3 is 2.00 bits per heavy atom. The van der Waals surface area contributed by atoms with Crippen LogP contribution in [-0.2, 0) is 0 Å². The van der Waals surface area contributed by atoms with Gasteiger partial charge in [0, 0.05) is 18.6 Å². The molecule has 2 atom stereocenters. The van der Waals surface area contributed by atoms with Crippen LogP contribution >= 0.6 is 0 Å². The van der Waals surface area contributed by atoms with Gasteiger partial charge < -0.3 is 5.73 Å². The number of nitrogens with zero attached hydrogens (tertiary/aromatic N) is 1. The normalized spacial score (nSPS) is 21.6. The fourth-order valence-corrected chi connectivity index (χ4v) is 2.11. The molecule has 0 amide bonds. The molecule has 5 heteroatoms. The van der Waals surface area contributed by atoms with Crippen LogP contribution in [0.3, 0.4) is 0 Å². The number of hydrogen-bond donors (Lipinski definition) is 1. The Labute approximate surface area is 95.0 Å². The molecule has 0 saturated heterocycles. The first-order valence-electron chi connectivity index (χ1n) is 5.81. The number of nitrogens with two attached hydrogens (primary N) is 1. The zero-order chi connectivity index (χ0) is 12.5. The van der Waals surface area contributed by atoms with Crippen LogP contribution in [0.1, 0.15) is 33.6 Å². The topological polar surface area (TPSA) is 29.3 Å². The third kappa shape index (κ3) is 3.63. The number of halogens is 3. The fraction of sp³-hybridized carbons (Fsp3) is 1.00. The molecule has 1 aliphatic rings. The van der Waals surface area contributed by atoms with Crippen molar-refractivity contribution in [3.05, 3.63) is 0 Å². The Balaban J connectivity index is 2.79. The van der Waals surface area contributed by atoms with Crippen molar-refractivity contribution in [2.75, 3.05) is 6.54 Å². The van der Waals surface area contributed by atoms with Gasteiger partial charge in [0.25, 0.3) is 0 Å². The van der Waals surface area contributed by atoms with E-state index in [1.54, 1.807) is 4.90 Å². The van der Waals surface area contributed by atoms with E-state index in [0.717, 1.165) is 12.8 Å². The van der Waals surface area contributed by atoms with E-state index in [1.165, 1.54) is 6.92 Å². The van der Waals surface area contributed by atoms with Gasteiger partial charge in [-0.1, -0.05) is 13.8 Å². The lowest BCUT2D eigenvalue weighted by Crippen LogP contribution is -2.56.